The largest absolute Gasteiger partial charge is 0.325 e. The number of thioether (sulfide) groups is 1. The molecule has 3 heterocycles. The fourth-order valence-corrected chi connectivity index (χ4v) is 5.06. The minimum atomic E-state index is -0.0659. The van der Waals surface area contributed by atoms with Gasteiger partial charge in [0.2, 0.25) is 5.91 Å². The zero-order chi connectivity index (χ0) is 21.0. The predicted octanol–water partition coefficient (Wildman–Crippen LogP) is 5.17. The third kappa shape index (κ3) is 4.56. The van der Waals surface area contributed by atoms with Gasteiger partial charge in [0.05, 0.1) is 17.1 Å². The highest BCUT2D eigenvalue weighted by Crippen LogP contribution is 2.42. The van der Waals surface area contributed by atoms with Crippen LogP contribution in [0.1, 0.15) is 16.6 Å². The van der Waals surface area contributed by atoms with E-state index in [9.17, 15) is 4.79 Å². The van der Waals surface area contributed by atoms with E-state index in [1.165, 1.54) is 0 Å². The van der Waals surface area contributed by atoms with Crippen LogP contribution in [0.15, 0.2) is 91.3 Å². The molecule has 0 saturated carbocycles. The molecule has 1 aliphatic rings. The maximum atomic E-state index is 12.8. The van der Waals surface area contributed by atoms with E-state index >= 15 is 0 Å². The summed E-state index contributed by atoms with van der Waals surface area (Å²) in [6.07, 6.45) is 4.60. The van der Waals surface area contributed by atoms with Gasteiger partial charge in [-0.05, 0) is 24.3 Å². The van der Waals surface area contributed by atoms with Gasteiger partial charge in [-0.3, -0.25) is 9.78 Å². The number of aromatic nitrogens is 3. The maximum absolute atomic E-state index is 12.8. The molecule has 32 heavy (non-hydrogen) atoms. The smallest absolute Gasteiger partial charge is 0.233 e. The fourth-order valence-electron chi connectivity index (χ4n) is 3.84. The summed E-state index contributed by atoms with van der Waals surface area (Å²) in [4.78, 5) is 19.1. The molecule has 1 unspecified atom stereocenters. The molecule has 2 aromatic carbocycles. The molecule has 0 bridgehead atoms. The summed E-state index contributed by atoms with van der Waals surface area (Å²) >= 11 is 1.67. The lowest BCUT2D eigenvalue weighted by molar-refractivity contribution is -0.128. The Morgan fingerprint density at radius 3 is 2.38 bits per heavy atom. The molecular formula is C25H23ClN4OS. The molecule has 0 spiro atoms. The fraction of sp³-hybridized carbons (Fsp3) is 0.160. The van der Waals surface area contributed by atoms with Gasteiger partial charge >= 0.3 is 0 Å². The van der Waals surface area contributed by atoms with Crippen molar-refractivity contribution in [2.75, 3.05) is 12.3 Å². The van der Waals surface area contributed by atoms with Gasteiger partial charge in [0.15, 0.2) is 0 Å². The van der Waals surface area contributed by atoms with Gasteiger partial charge < -0.3 is 4.90 Å². The van der Waals surface area contributed by atoms with Crippen LogP contribution in [0.4, 0.5) is 0 Å². The van der Waals surface area contributed by atoms with E-state index in [0.717, 1.165) is 34.6 Å². The van der Waals surface area contributed by atoms with Crippen molar-refractivity contribution >= 4 is 30.1 Å². The van der Waals surface area contributed by atoms with Crippen molar-refractivity contribution in [1.82, 2.24) is 19.7 Å². The summed E-state index contributed by atoms with van der Waals surface area (Å²) < 4.78 is 1.91. The van der Waals surface area contributed by atoms with Gasteiger partial charge in [-0.15, -0.1) is 24.2 Å². The van der Waals surface area contributed by atoms with E-state index in [2.05, 4.69) is 23.3 Å². The van der Waals surface area contributed by atoms with Crippen molar-refractivity contribution in [1.29, 1.82) is 0 Å². The van der Waals surface area contributed by atoms with E-state index in [1.807, 2.05) is 76.3 Å². The Kier molecular flexibility index (Phi) is 6.93. The molecule has 5 rings (SSSR count). The van der Waals surface area contributed by atoms with Crippen molar-refractivity contribution in [3.63, 3.8) is 0 Å². The second-order valence-electron chi connectivity index (χ2n) is 7.40. The normalized spacial score (nSPS) is 15.6. The molecule has 1 saturated heterocycles. The van der Waals surface area contributed by atoms with Crippen molar-refractivity contribution in [3.8, 4) is 16.9 Å². The summed E-state index contributed by atoms with van der Waals surface area (Å²) in [7, 11) is 0. The number of hydrogen-bond acceptors (Lipinski definition) is 4. The number of halogens is 1. The highest BCUT2D eigenvalue weighted by molar-refractivity contribution is 8.00. The van der Waals surface area contributed by atoms with E-state index in [1.54, 1.807) is 18.0 Å². The number of benzene rings is 2. The zero-order valence-corrected chi connectivity index (χ0v) is 19.0. The molecule has 162 valence electrons. The molecule has 0 N–H and O–H groups in total. The Morgan fingerprint density at radius 2 is 1.66 bits per heavy atom. The molecule has 1 aliphatic heterocycles. The number of pyridine rings is 1. The molecular weight excluding hydrogens is 440 g/mol. The van der Waals surface area contributed by atoms with E-state index in [0.29, 0.717) is 12.3 Å². The number of hydrogen-bond donors (Lipinski definition) is 0. The molecule has 5 nitrogen and oxygen atoms in total. The van der Waals surface area contributed by atoms with Crippen molar-refractivity contribution in [2.24, 2.45) is 0 Å². The summed E-state index contributed by atoms with van der Waals surface area (Å²) in [5, 5.41) is 4.86. The van der Waals surface area contributed by atoms with Crippen LogP contribution in [0.3, 0.4) is 0 Å². The third-order valence-electron chi connectivity index (χ3n) is 5.38. The number of rotatable bonds is 6. The Hall–Kier alpha value is -3.09. The van der Waals surface area contributed by atoms with E-state index < -0.39 is 0 Å². The molecule has 0 aliphatic carbocycles. The number of para-hydroxylation sites is 1. The van der Waals surface area contributed by atoms with Crippen LogP contribution in [0.5, 0.6) is 0 Å². The monoisotopic (exact) mass is 462 g/mol. The van der Waals surface area contributed by atoms with Gasteiger partial charge in [0, 0.05) is 42.2 Å². The van der Waals surface area contributed by atoms with Gasteiger partial charge in [-0.2, -0.15) is 5.10 Å². The summed E-state index contributed by atoms with van der Waals surface area (Å²) in [6.45, 7) is 0.637. The number of amides is 1. The van der Waals surface area contributed by atoms with Crippen LogP contribution in [0.2, 0.25) is 0 Å². The lowest BCUT2D eigenvalue weighted by atomic mass is 10.1. The molecule has 2 aromatic heterocycles. The van der Waals surface area contributed by atoms with Crippen LogP contribution in [0.25, 0.3) is 16.9 Å². The molecule has 1 amide bonds. The van der Waals surface area contributed by atoms with Crippen molar-refractivity contribution in [2.45, 2.75) is 11.8 Å². The second kappa shape index (κ2) is 10.0. The summed E-state index contributed by atoms with van der Waals surface area (Å²) in [5.41, 5.74) is 5.03. The first-order chi connectivity index (χ1) is 15.3. The molecule has 0 radical (unpaired) electrons. The molecule has 1 fully saturated rings. The second-order valence-corrected chi connectivity index (χ2v) is 8.47. The van der Waals surface area contributed by atoms with E-state index in [4.69, 9.17) is 5.10 Å². The van der Waals surface area contributed by atoms with Crippen molar-refractivity contribution < 1.29 is 4.79 Å². The highest BCUT2D eigenvalue weighted by atomic mass is 35.5. The average molecular weight is 463 g/mol. The molecule has 7 heteroatoms. The van der Waals surface area contributed by atoms with Crippen LogP contribution < -0.4 is 0 Å². The highest BCUT2D eigenvalue weighted by Gasteiger charge is 2.35. The quantitative estimate of drug-likeness (QED) is 0.396. The third-order valence-corrected chi connectivity index (χ3v) is 6.62. The lowest BCUT2D eigenvalue weighted by Gasteiger charge is -2.24. The minimum Gasteiger partial charge on any atom is -0.325 e. The Bertz CT molecular complexity index is 1170. The molecule has 1 atom stereocenters. The average Bonchev–Trinajstić information content (AvgIpc) is 3.43. The van der Waals surface area contributed by atoms with Crippen LogP contribution in [0, 0.1) is 0 Å². The minimum absolute atomic E-state index is 0. The van der Waals surface area contributed by atoms with Crippen molar-refractivity contribution in [3.05, 3.63) is 103 Å². The number of carbonyl (C=O) groups excluding carboxylic acids is 1. The number of carbonyl (C=O) groups is 1. The Balaban J connectivity index is 0.00000245. The van der Waals surface area contributed by atoms with Crippen LogP contribution in [-0.4, -0.2) is 37.9 Å². The van der Waals surface area contributed by atoms with E-state index in [-0.39, 0.29) is 23.7 Å². The summed E-state index contributed by atoms with van der Waals surface area (Å²) in [6, 6.07) is 26.2. The Labute approximate surface area is 197 Å². The lowest BCUT2D eigenvalue weighted by Crippen LogP contribution is -2.30. The molecule has 4 aromatic rings. The number of nitrogens with zero attached hydrogens (tertiary/aromatic N) is 4. The zero-order valence-electron chi connectivity index (χ0n) is 17.4. The van der Waals surface area contributed by atoms with Gasteiger partial charge in [-0.1, -0.05) is 54.6 Å². The SMILES string of the molecule is Cl.O=C1CSC(c2cn(-c3ccccc3)nc2-c2ccccc2)N1CCc1ccccn1. The topological polar surface area (TPSA) is 51.0 Å². The first-order valence-electron chi connectivity index (χ1n) is 10.3. The first kappa shape index (κ1) is 22.1. The summed E-state index contributed by atoms with van der Waals surface area (Å²) in [5.74, 6) is 0.648. The van der Waals surface area contributed by atoms with Crippen LogP contribution in [-0.2, 0) is 11.2 Å². The standard InChI is InChI=1S/C25H22N4OS.ClH/c30-23-18-31-25(28(23)16-14-20-11-7-8-15-26-20)22-17-29(21-12-5-2-6-13-21)27-24(22)19-9-3-1-4-10-19;/h1-13,15,17,25H,14,16,18H2;1H. The predicted molar refractivity (Wildman–Crippen MR) is 131 cm³/mol. The van der Waals surface area contributed by atoms with Gasteiger partial charge in [0.1, 0.15) is 5.37 Å². The van der Waals surface area contributed by atoms with Gasteiger partial charge in [0.25, 0.3) is 0 Å². The van der Waals surface area contributed by atoms with Crippen LogP contribution >= 0.6 is 24.2 Å². The van der Waals surface area contributed by atoms with Gasteiger partial charge in [-0.25, -0.2) is 4.68 Å². The first-order valence-corrected chi connectivity index (χ1v) is 11.4. The maximum Gasteiger partial charge on any atom is 0.233 e. The Morgan fingerprint density at radius 1 is 0.938 bits per heavy atom.